The Bertz CT molecular complexity index is 363. The second-order valence-electron chi connectivity index (χ2n) is 5.60. The molecular formula is C13H23NO5. The van der Waals surface area contributed by atoms with E-state index in [4.69, 9.17) is 14.2 Å². The maximum absolute atomic E-state index is 11.9. The number of carbonyl (C=O) groups excluding carboxylic acids is 2. The molecule has 0 N–H and O–H groups in total. The number of nitrogens with zero attached hydrogens (tertiary/aromatic N) is 1. The molecule has 110 valence electrons. The zero-order chi connectivity index (χ0) is 14.8. The molecule has 19 heavy (non-hydrogen) atoms. The quantitative estimate of drug-likeness (QED) is 0.730. The van der Waals surface area contributed by atoms with Crippen LogP contribution in [0, 0.1) is 0 Å². The highest BCUT2D eigenvalue weighted by Crippen LogP contribution is 2.34. The molecular weight excluding hydrogens is 250 g/mol. The van der Waals surface area contributed by atoms with Crippen molar-refractivity contribution >= 4 is 12.1 Å². The van der Waals surface area contributed by atoms with Crippen molar-refractivity contribution in [3.8, 4) is 0 Å². The van der Waals surface area contributed by atoms with Gasteiger partial charge in [-0.05, 0) is 34.6 Å². The van der Waals surface area contributed by atoms with Gasteiger partial charge < -0.3 is 14.2 Å². The van der Waals surface area contributed by atoms with Gasteiger partial charge in [0.1, 0.15) is 5.60 Å². The van der Waals surface area contributed by atoms with Crippen molar-refractivity contribution in [3.05, 3.63) is 0 Å². The fourth-order valence-electron chi connectivity index (χ4n) is 2.01. The Labute approximate surface area is 114 Å². The molecule has 6 heteroatoms. The van der Waals surface area contributed by atoms with Gasteiger partial charge in [0.05, 0.1) is 19.2 Å². The molecule has 2 atom stereocenters. The summed E-state index contributed by atoms with van der Waals surface area (Å²) in [6.07, 6.45) is -0.447. The van der Waals surface area contributed by atoms with Crippen LogP contribution in [0.5, 0.6) is 0 Å². The number of amides is 1. The fourth-order valence-corrected chi connectivity index (χ4v) is 2.01. The molecule has 1 saturated heterocycles. The highest BCUT2D eigenvalue weighted by molar-refractivity contribution is 5.85. The van der Waals surface area contributed by atoms with Crippen molar-refractivity contribution < 1.29 is 23.8 Å². The third kappa shape index (κ3) is 3.00. The van der Waals surface area contributed by atoms with E-state index in [0.717, 1.165) is 0 Å². The van der Waals surface area contributed by atoms with Crippen LogP contribution < -0.4 is 0 Å². The molecule has 0 spiro atoms. The molecule has 1 heterocycles. The van der Waals surface area contributed by atoms with E-state index in [2.05, 4.69) is 0 Å². The van der Waals surface area contributed by atoms with Crippen LogP contribution in [0.3, 0.4) is 0 Å². The van der Waals surface area contributed by atoms with Gasteiger partial charge in [0, 0.05) is 7.11 Å². The van der Waals surface area contributed by atoms with Crippen molar-refractivity contribution in [2.75, 3.05) is 20.3 Å². The molecule has 1 rings (SSSR count). The summed E-state index contributed by atoms with van der Waals surface area (Å²) in [5.74, 6) is -0.440. The summed E-state index contributed by atoms with van der Waals surface area (Å²) in [6.45, 7) is 9.30. The maximum atomic E-state index is 11.9. The Morgan fingerprint density at radius 3 is 2.32 bits per heavy atom. The number of hydrogen-bond acceptors (Lipinski definition) is 5. The van der Waals surface area contributed by atoms with Crippen molar-refractivity contribution in [1.82, 2.24) is 4.90 Å². The molecule has 2 unspecified atom stereocenters. The lowest BCUT2D eigenvalue weighted by molar-refractivity contribution is -0.202. The molecule has 1 amide bonds. The third-order valence-electron chi connectivity index (χ3n) is 3.16. The molecule has 6 nitrogen and oxygen atoms in total. The number of rotatable bonds is 3. The summed E-state index contributed by atoms with van der Waals surface area (Å²) >= 11 is 0. The molecule has 1 aliphatic heterocycles. The van der Waals surface area contributed by atoms with Gasteiger partial charge in [0.2, 0.25) is 5.60 Å². The third-order valence-corrected chi connectivity index (χ3v) is 3.16. The highest BCUT2D eigenvalue weighted by atomic mass is 16.6. The highest BCUT2D eigenvalue weighted by Gasteiger charge is 2.60. The maximum Gasteiger partial charge on any atom is 0.410 e. The number of esters is 1. The first-order valence-electron chi connectivity index (χ1n) is 6.40. The normalized spacial score (nSPS) is 26.6. The van der Waals surface area contributed by atoms with E-state index >= 15 is 0 Å². The molecule has 0 aromatic rings. The number of methoxy groups -OCH3 is 1. The second-order valence-corrected chi connectivity index (χ2v) is 5.60. The number of ether oxygens (including phenoxy) is 3. The van der Waals surface area contributed by atoms with Gasteiger partial charge in [-0.1, -0.05) is 0 Å². The van der Waals surface area contributed by atoms with Crippen LogP contribution in [0.4, 0.5) is 4.79 Å². The molecule has 0 aliphatic carbocycles. The summed E-state index contributed by atoms with van der Waals surface area (Å²) in [5, 5.41) is 0. The molecule has 0 bridgehead atoms. The largest absolute Gasteiger partial charge is 0.464 e. The Morgan fingerprint density at radius 1 is 1.37 bits per heavy atom. The predicted octanol–water partition coefficient (Wildman–Crippen LogP) is 1.57. The minimum absolute atomic E-state index is 0.151. The molecule has 0 aromatic carbocycles. The number of likely N-dealkylation sites (tertiary alicyclic amines) is 1. The Kier molecular flexibility index (Phi) is 4.45. The van der Waals surface area contributed by atoms with Crippen molar-refractivity contribution in [2.45, 2.75) is 51.9 Å². The van der Waals surface area contributed by atoms with E-state index in [1.165, 1.54) is 12.0 Å². The summed E-state index contributed by atoms with van der Waals surface area (Å²) in [4.78, 5) is 25.3. The lowest BCUT2D eigenvalue weighted by atomic mass is 9.84. The smallest absolute Gasteiger partial charge is 0.410 e. The van der Waals surface area contributed by atoms with Gasteiger partial charge >= 0.3 is 12.1 Å². The fraction of sp³-hybridized carbons (Fsp3) is 0.846. The Morgan fingerprint density at radius 2 is 1.95 bits per heavy atom. The monoisotopic (exact) mass is 273 g/mol. The van der Waals surface area contributed by atoms with Crippen LogP contribution in [0.2, 0.25) is 0 Å². The molecule has 0 radical (unpaired) electrons. The van der Waals surface area contributed by atoms with E-state index in [9.17, 15) is 9.59 Å². The minimum Gasteiger partial charge on any atom is -0.464 e. The van der Waals surface area contributed by atoms with E-state index in [-0.39, 0.29) is 13.2 Å². The van der Waals surface area contributed by atoms with Gasteiger partial charge in [-0.15, -0.1) is 0 Å². The van der Waals surface area contributed by atoms with Crippen molar-refractivity contribution in [1.29, 1.82) is 0 Å². The SMILES string of the molecule is CCOC(=O)C1(OC)CN(C(=O)OC(C)(C)C)C1C. The summed E-state index contributed by atoms with van der Waals surface area (Å²) < 4.78 is 15.6. The standard InChI is InChI=1S/C13H23NO5/c1-7-18-10(15)13(17-6)8-14(9(13)2)11(16)19-12(3,4)5/h9H,7-8H2,1-6H3. The van der Waals surface area contributed by atoms with E-state index in [1.54, 1.807) is 34.6 Å². The lowest BCUT2D eigenvalue weighted by Crippen LogP contribution is -2.74. The average Bonchev–Trinajstić information content (AvgIpc) is 2.26. The Balaban J connectivity index is 2.72. The van der Waals surface area contributed by atoms with Gasteiger partial charge in [0.25, 0.3) is 0 Å². The van der Waals surface area contributed by atoms with Crippen molar-refractivity contribution in [2.24, 2.45) is 0 Å². The van der Waals surface area contributed by atoms with Gasteiger partial charge in [-0.2, -0.15) is 0 Å². The summed E-state index contributed by atoms with van der Waals surface area (Å²) in [5.41, 5.74) is -1.64. The molecule has 0 aromatic heterocycles. The first-order valence-corrected chi connectivity index (χ1v) is 6.40. The molecule has 1 aliphatic rings. The lowest BCUT2D eigenvalue weighted by Gasteiger charge is -2.52. The van der Waals surface area contributed by atoms with Crippen LogP contribution in [0.25, 0.3) is 0 Å². The van der Waals surface area contributed by atoms with E-state index in [1.807, 2.05) is 0 Å². The van der Waals surface area contributed by atoms with E-state index < -0.39 is 29.3 Å². The topological polar surface area (TPSA) is 65.1 Å². The minimum atomic E-state index is -1.08. The van der Waals surface area contributed by atoms with Gasteiger partial charge in [-0.25, -0.2) is 9.59 Å². The number of hydrogen-bond donors (Lipinski definition) is 0. The van der Waals surface area contributed by atoms with Crippen LogP contribution in [0.1, 0.15) is 34.6 Å². The number of carbonyl (C=O) groups is 2. The molecule has 0 saturated carbocycles. The first kappa shape index (κ1) is 15.8. The van der Waals surface area contributed by atoms with Crippen LogP contribution >= 0.6 is 0 Å². The molecule has 1 fully saturated rings. The second kappa shape index (κ2) is 5.36. The zero-order valence-corrected chi connectivity index (χ0v) is 12.5. The Hall–Kier alpha value is -1.30. The summed E-state index contributed by atoms with van der Waals surface area (Å²) in [7, 11) is 1.44. The van der Waals surface area contributed by atoms with Crippen LogP contribution in [0.15, 0.2) is 0 Å². The van der Waals surface area contributed by atoms with Crippen molar-refractivity contribution in [3.63, 3.8) is 0 Å². The first-order chi connectivity index (χ1) is 8.68. The summed E-state index contributed by atoms with van der Waals surface area (Å²) in [6, 6.07) is -0.411. The van der Waals surface area contributed by atoms with Gasteiger partial charge in [-0.3, -0.25) is 4.90 Å². The average molecular weight is 273 g/mol. The van der Waals surface area contributed by atoms with E-state index in [0.29, 0.717) is 0 Å². The van der Waals surface area contributed by atoms with Crippen LogP contribution in [-0.4, -0.2) is 54.5 Å². The van der Waals surface area contributed by atoms with Crippen LogP contribution in [-0.2, 0) is 19.0 Å². The predicted molar refractivity (Wildman–Crippen MR) is 68.8 cm³/mol. The van der Waals surface area contributed by atoms with Gasteiger partial charge in [0.15, 0.2) is 0 Å². The zero-order valence-electron chi connectivity index (χ0n) is 12.5.